The van der Waals surface area contributed by atoms with E-state index < -0.39 is 0 Å². The van der Waals surface area contributed by atoms with Crippen molar-refractivity contribution >= 4 is 33.5 Å². The number of aryl methyl sites for hydroxylation is 1. The average molecular weight is 259 g/mol. The lowest BCUT2D eigenvalue weighted by Gasteiger charge is -2.00. The van der Waals surface area contributed by atoms with E-state index in [1.165, 1.54) is 17.7 Å². The van der Waals surface area contributed by atoms with Crippen LogP contribution in [0, 0.1) is 6.92 Å². The maximum Gasteiger partial charge on any atom is 0.257 e. The van der Waals surface area contributed by atoms with Crippen LogP contribution in [0.2, 0.25) is 0 Å². The Bertz CT molecular complexity index is 717. The van der Waals surface area contributed by atoms with Crippen molar-refractivity contribution in [2.75, 3.05) is 5.32 Å². The van der Waals surface area contributed by atoms with Gasteiger partial charge in [-0.05, 0) is 25.1 Å². The predicted octanol–water partition coefficient (Wildman–Crippen LogP) is 2.85. The Morgan fingerprint density at radius 1 is 1.44 bits per heavy atom. The largest absolute Gasteiger partial charge is 0.443 e. The highest BCUT2D eigenvalue weighted by molar-refractivity contribution is 7.13. The third-order valence-corrected chi connectivity index (χ3v) is 3.31. The van der Waals surface area contributed by atoms with Crippen molar-refractivity contribution in [3.63, 3.8) is 0 Å². The van der Waals surface area contributed by atoms with E-state index in [1.807, 2.05) is 12.3 Å². The molecule has 0 aliphatic heterocycles. The molecule has 0 radical (unpaired) electrons. The summed E-state index contributed by atoms with van der Waals surface area (Å²) in [6.45, 7) is 1.88. The van der Waals surface area contributed by atoms with E-state index in [4.69, 9.17) is 4.42 Å². The molecule has 1 aromatic carbocycles. The summed E-state index contributed by atoms with van der Waals surface area (Å²) in [7, 11) is 0. The SMILES string of the molecule is Cc1csc(NC(=O)c2ccc3ncoc3c2)n1. The number of hydrogen-bond donors (Lipinski definition) is 1. The smallest absolute Gasteiger partial charge is 0.257 e. The molecule has 0 unspecified atom stereocenters. The Balaban J connectivity index is 1.87. The Labute approximate surface area is 106 Å². The van der Waals surface area contributed by atoms with Crippen molar-refractivity contribution in [2.45, 2.75) is 6.92 Å². The highest BCUT2D eigenvalue weighted by atomic mass is 32.1. The van der Waals surface area contributed by atoms with Gasteiger partial charge in [0.25, 0.3) is 5.91 Å². The lowest BCUT2D eigenvalue weighted by Crippen LogP contribution is -2.11. The van der Waals surface area contributed by atoms with E-state index in [9.17, 15) is 4.79 Å². The number of oxazole rings is 1. The van der Waals surface area contributed by atoms with Gasteiger partial charge in [0.1, 0.15) is 5.52 Å². The molecule has 2 heterocycles. The fourth-order valence-electron chi connectivity index (χ4n) is 1.58. The molecule has 0 fully saturated rings. The van der Waals surface area contributed by atoms with Gasteiger partial charge in [-0.3, -0.25) is 10.1 Å². The zero-order valence-corrected chi connectivity index (χ0v) is 10.3. The molecular formula is C12H9N3O2S. The van der Waals surface area contributed by atoms with Crippen molar-refractivity contribution in [3.05, 3.63) is 41.2 Å². The van der Waals surface area contributed by atoms with Gasteiger partial charge >= 0.3 is 0 Å². The number of hydrogen-bond acceptors (Lipinski definition) is 5. The number of carbonyl (C=O) groups excluding carboxylic acids is 1. The number of nitrogens with one attached hydrogen (secondary N) is 1. The maximum absolute atomic E-state index is 12.0. The average Bonchev–Trinajstić information content (AvgIpc) is 2.96. The highest BCUT2D eigenvalue weighted by Crippen LogP contribution is 2.18. The number of anilines is 1. The van der Waals surface area contributed by atoms with E-state index in [0.29, 0.717) is 16.3 Å². The lowest BCUT2D eigenvalue weighted by atomic mass is 10.2. The van der Waals surface area contributed by atoms with Gasteiger partial charge in [0.15, 0.2) is 17.1 Å². The molecule has 1 amide bonds. The molecule has 90 valence electrons. The highest BCUT2D eigenvalue weighted by Gasteiger charge is 2.10. The standard InChI is InChI=1S/C12H9N3O2S/c1-7-5-18-12(14-7)15-11(16)8-2-3-9-10(4-8)17-6-13-9/h2-6H,1H3,(H,14,15,16). The second-order valence-corrected chi connectivity index (χ2v) is 4.64. The molecule has 0 saturated heterocycles. The molecule has 2 aromatic heterocycles. The molecule has 3 aromatic rings. The Kier molecular flexibility index (Phi) is 2.56. The summed E-state index contributed by atoms with van der Waals surface area (Å²) in [5.74, 6) is -0.206. The molecule has 0 aliphatic rings. The minimum absolute atomic E-state index is 0.206. The summed E-state index contributed by atoms with van der Waals surface area (Å²) in [5.41, 5.74) is 2.74. The second-order valence-electron chi connectivity index (χ2n) is 3.78. The third kappa shape index (κ3) is 1.98. The number of carbonyl (C=O) groups is 1. The normalized spacial score (nSPS) is 10.7. The van der Waals surface area contributed by atoms with E-state index in [2.05, 4.69) is 15.3 Å². The van der Waals surface area contributed by atoms with Gasteiger partial charge in [-0.1, -0.05) is 0 Å². The number of nitrogens with zero attached hydrogens (tertiary/aromatic N) is 2. The van der Waals surface area contributed by atoms with Crippen molar-refractivity contribution in [1.82, 2.24) is 9.97 Å². The van der Waals surface area contributed by atoms with Crippen molar-refractivity contribution in [2.24, 2.45) is 0 Å². The minimum atomic E-state index is -0.206. The molecule has 5 nitrogen and oxygen atoms in total. The number of thiazole rings is 1. The lowest BCUT2D eigenvalue weighted by molar-refractivity contribution is 0.102. The van der Waals surface area contributed by atoms with Crippen molar-refractivity contribution in [1.29, 1.82) is 0 Å². The first-order valence-electron chi connectivity index (χ1n) is 5.29. The van der Waals surface area contributed by atoms with Crippen LogP contribution in [0.5, 0.6) is 0 Å². The van der Waals surface area contributed by atoms with Gasteiger partial charge in [-0.25, -0.2) is 9.97 Å². The van der Waals surface area contributed by atoms with Crippen LogP contribution in [0.4, 0.5) is 5.13 Å². The summed E-state index contributed by atoms with van der Waals surface area (Å²) in [4.78, 5) is 20.2. The summed E-state index contributed by atoms with van der Waals surface area (Å²) in [5, 5.41) is 5.22. The Morgan fingerprint density at radius 3 is 3.11 bits per heavy atom. The summed E-state index contributed by atoms with van der Waals surface area (Å²) >= 11 is 1.40. The first kappa shape index (κ1) is 10.9. The zero-order valence-electron chi connectivity index (χ0n) is 9.51. The molecule has 0 saturated carbocycles. The van der Waals surface area contributed by atoms with E-state index in [0.717, 1.165) is 11.2 Å². The number of aromatic nitrogens is 2. The first-order valence-corrected chi connectivity index (χ1v) is 6.17. The van der Waals surface area contributed by atoms with Crippen LogP contribution in [0.25, 0.3) is 11.1 Å². The summed E-state index contributed by atoms with van der Waals surface area (Å²) < 4.78 is 5.16. The van der Waals surface area contributed by atoms with E-state index in [-0.39, 0.29) is 5.91 Å². The number of benzene rings is 1. The molecule has 0 spiro atoms. The Hall–Kier alpha value is -2.21. The summed E-state index contributed by atoms with van der Waals surface area (Å²) in [6, 6.07) is 5.12. The maximum atomic E-state index is 12.0. The molecule has 18 heavy (non-hydrogen) atoms. The van der Waals surface area contributed by atoms with Crippen LogP contribution in [0.1, 0.15) is 16.1 Å². The monoisotopic (exact) mass is 259 g/mol. The van der Waals surface area contributed by atoms with Gasteiger partial charge in [0.05, 0.1) is 5.69 Å². The molecule has 3 rings (SSSR count). The number of amides is 1. The quantitative estimate of drug-likeness (QED) is 0.768. The predicted molar refractivity (Wildman–Crippen MR) is 68.8 cm³/mol. The van der Waals surface area contributed by atoms with Crippen molar-refractivity contribution < 1.29 is 9.21 Å². The fourth-order valence-corrected chi connectivity index (χ4v) is 2.26. The van der Waals surface area contributed by atoms with Crippen LogP contribution in [-0.4, -0.2) is 15.9 Å². The van der Waals surface area contributed by atoms with Gasteiger partial charge in [-0.15, -0.1) is 11.3 Å². The molecular weight excluding hydrogens is 250 g/mol. The Morgan fingerprint density at radius 2 is 2.33 bits per heavy atom. The summed E-state index contributed by atoms with van der Waals surface area (Å²) in [6.07, 6.45) is 1.36. The molecule has 6 heteroatoms. The van der Waals surface area contributed by atoms with Crippen LogP contribution >= 0.6 is 11.3 Å². The minimum Gasteiger partial charge on any atom is -0.443 e. The molecule has 0 bridgehead atoms. The fraction of sp³-hybridized carbons (Fsp3) is 0.0833. The van der Waals surface area contributed by atoms with Gasteiger partial charge in [0, 0.05) is 10.9 Å². The van der Waals surface area contributed by atoms with Crippen LogP contribution in [0.3, 0.4) is 0 Å². The van der Waals surface area contributed by atoms with Crippen molar-refractivity contribution in [3.8, 4) is 0 Å². The van der Waals surface area contributed by atoms with Crippen LogP contribution < -0.4 is 5.32 Å². The molecule has 0 aliphatic carbocycles. The second kappa shape index (κ2) is 4.23. The third-order valence-electron chi connectivity index (χ3n) is 2.43. The van der Waals surface area contributed by atoms with Crippen LogP contribution in [-0.2, 0) is 0 Å². The first-order chi connectivity index (χ1) is 8.72. The van der Waals surface area contributed by atoms with Gasteiger partial charge in [-0.2, -0.15) is 0 Å². The van der Waals surface area contributed by atoms with E-state index >= 15 is 0 Å². The number of rotatable bonds is 2. The number of fused-ring (bicyclic) bond motifs is 1. The molecule has 1 N–H and O–H groups in total. The topological polar surface area (TPSA) is 68.0 Å². The van der Waals surface area contributed by atoms with E-state index in [1.54, 1.807) is 18.2 Å². The zero-order chi connectivity index (χ0) is 12.5. The van der Waals surface area contributed by atoms with Gasteiger partial charge < -0.3 is 4.42 Å². The molecule has 0 atom stereocenters. The van der Waals surface area contributed by atoms with Crippen LogP contribution in [0.15, 0.2) is 34.4 Å². The van der Waals surface area contributed by atoms with Gasteiger partial charge in [0.2, 0.25) is 0 Å².